The molecular weight excluding hydrogens is 434 g/mol. The normalized spacial score (nSPS) is 12.3. The maximum atomic E-state index is 12.9. The van der Waals surface area contributed by atoms with Gasteiger partial charge in [0.15, 0.2) is 0 Å². The number of carbonyl (C=O) groups excluding carboxylic acids is 1. The molecule has 1 heterocycles. The van der Waals surface area contributed by atoms with Crippen molar-refractivity contribution in [3.63, 3.8) is 0 Å². The standard InChI is InChI=1S/C23H24ClN3O3S/c1-3-27(4-2)31(29,30)21-16-19(13-14-20(21)24)23(28)25-22-12-8-9-15-26(22)17-18-10-6-5-7-11-18/h5-16H,3-4,17H2,1-2H3. The highest BCUT2D eigenvalue weighted by Crippen LogP contribution is 2.26. The van der Waals surface area contributed by atoms with Crippen LogP contribution in [0, 0.1) is 0 Å². The molecule has 162 valence electrons. The summed E-state index contributed by atoms with van der Waals surface area (Å²) in [4.78, 5) is 17.0. The van der Waals surface area contributed by atoms with E-state index in [-0.39, 0.29) is 15.5 Å². The topological polar surface area (TPSA) is 71.7 Å². The number of rotatable bonds is 7. The van der Waals surface area contributed by atoms with Crippen LogP contribution in [0.1, 0.15) is 29.8 Å². The monoisotopic (exact) mass is 457 g/mol. The average Bonchev–Trinajstić information content (AvgIpc) is 2.76. The first-order valence-corrected chi connectivity index (χ1v) is 11.8. The van der Waals surface area contributed by atoms with Gasteiger partial charge in [-0.25, -0.2) is 8.42 Å². The number of halogens is 1. The smallest absolute Gasteiger partial charge is 0.278 e. The van der Waals surface area contributed by atoms with Crippen molar-refractivity contribution < 1.29 is 13.2 Å². The molecule has 0 atom stereocenters. The highest BCUT2D eigenvalue weighted by Gasteiger charge is 2.25. The zero-order chi connectivity index (χ0) is 22.4. The van der Waals surface area contributed by atoms with E-state index in [1.165, 1.54) is 22.5 Å². The van der Waals surface area contributed by atoms with Crippen LogP contribution < -0.4 is 5.49 Å². The van der Waals surface area contributed by atoms with Crippen molar-refractivity contribution in [3.8, 4) is 0 Å². The number of hydrogen-bond acceptors (Lipinski definition) is 3. The largest absolute Gasteiger partial charge is 0.328 e. The third-order valence-electron chi connectivity index (χ3n) is 4.83. The zero-order valence-electron chi connectivity index (χ0n) is 17.4. The Balaban J connectivity index is 1.99. The highest BCUT2D eigenvalue weighted by atomic mass is 35.5. The van der Waals surface area contributed by atoms with Crippen molar-refractivity contribution in [2.45, 2.75) is 25.3 Å². The summed E-state index contributed by atoms with van der Waals surface area (Å²) >= 11 is 6.17. The molecule has 0 N–H and O–H groups in total. The Morgan fingerprint density at radius 3 is 2.35 bits per heavy atom. The van der Waals surface area contributed by atoms with Gasteiger partial charge in [0.25, 0.3) is 5.91 Å². The molecule has 1 amide bonds. The minimum Gasteiger partial charge on any atom is -0.328 e. The Kier molecular flexibility index (Phi) is 7.43. The molecule has 0 unspecified atom stereocenters. The van der Waals surface area contributed by atoms with Gasteiger partial charge in [0, 0.05) is 31.4 Å². The molecule has 0 fully saturated rings. The Hall–Kier alpha value is -2.74. The minimum atomic E-state index is -3.81. The fourth-order valence-electron chi connectivity index (χ4n) is 3.19. The lowest BCUT2D eigenvalue weighted by Gasteiger charge is -2.19. The van der Waals surface area contributed by atoms with Crippen molar-refractivity contribution in [1.82, 2.24) is 8.87 Å². The van der Waals surface area contributed by atoms with E-state index in [1.54, 1.807) is 26.0 Å². The molecule has 0 aliphatic heterocycles. The number of aromatic nitrogens is 1. The lowest BCUT2D eigenvalue weighted by atomic mass is 10.2. The highest BCUT2D eigenvalue weighted by molar-refractivity contribution is 7.89. The fraction of sp³-hybridized carbons (Fsp3) is 0.217. The maximum absolute atomic E-state index is 12.9. The van der Waals surface area contributed by atoms with E-state index < -0.39 is 15.9 Å². The second-order valence-corrected chi connectivity index (χ2v) is 9.14. The lowest BCUT2D eigenvalue weighted by Crippen LogP contribution is -2.31. The summed E-state index contributed by atoms with van der Waals surface area (Å²) in [5, 5.41) is 0.0716. The van der Waals surface area contributed by atoms with E-state index in [1.807, 2.05) is 47.2 Å². The molecule has 0 saturated heterocycles. The van der Waals surface area contributed by atoms with Crippen LogP contribution in [0.15, 0.2) is 82.8 Å². The Morgan fingerprint density at radius 2 is 1.68 bits per heavy atom. The van der Waals surface area contributed by atoms with E-state index in [4.69, 9.17) is 11.6 Å². The maximum Gasteiger partial charge on any atom is 0.278 e. The van der Waals surface area contributed by atoms with Gasteiger partial charge in [-0.05, 0) is 35.9 Å². The number of amides is 1. The second kappa shape index (κ2) is 10.0. The summed E-state index contributed by atoms with van der Waals surface area (Å²) in [7, 11) is -3.81. The van der Waals surface area contributed by atoms with Crippen LogP contribution in [0.2, 0.25) is 5.02 Å². The van der Waals surface area contributed by atoms with E-state index in [0.29, 0.717) is 25.1 Å². The van der Waals surface area contributed by atoms with Crippen LogP contribution in [-0.4, -0.2) is 36.3 Å². The number of hydrogen-bond donors (Lipinski definition) is 0. The van der Waals surface area contributed by atoms with Crippen molar-refractivity contribution in [2.75, 3.05) is 13.1 Å². The van der Waals surface area contributed by atoms with Crippen molar-refractivity contribution >= 4 is 27.5 Å². The molecule has 0 aliphatic carbocycles. The van der Waals surface area contributed by atoms with Crippen LogP contribution in [0.3, 0.4) is 0 Å². The van der Waals surface area contributed by atoms with Crippen molar-refractivity contribution in [3.05, 3.63) is 94.6 Å². The fourth-order valence-corrected chi connectivity index (χ4v) is 5.15. The van der Waals surface area contributed by atoms with Gasteiger partial charge in [-0.3, -0.25) is 4.79 Å². The molecule has 0 aliphatic rings. The first-order valence-electron chi connectivity index (χ1n) is 9.95. The Morgan fingerprint density at radius 1 is 1.00 bits per heavy atom. The van der Waals surface area contributed by atoms with Crippen molar-refractivity contribution in [1.29, 1.82) is 0 Å². The molecule has 2 aromatic carbocycles. The summed E-state index contributed by atoms with van der Waals surface area (Å²) < 4.78 is 29.0. The van der Waals surface area contributed by atoms with E-state index in [0.717, 1.165) is 5.56 Å². The number of nitrogens with zero attached hydrogens (tertiary/aromatic N) is 3. The third-order valence-corrected chi connectivity index (χ3v) is 7.36. The molecule has 3 rings (SSSR count). The van der Waals surface area contributed by atoms with Gasteiger partial charge < -0.3 is 4.57 Å². The van der Waals surface area contributed by atoms with Gasteiger partial charge in [0.2, 0.25) is 10.0 Å². The SMILES string of the molecule is CCN(CC)S(=O)(=O)c1cc(C(=O)N=c2ccccn2Cc2ccccc2)ccc1Cl. The van der Waals surface area contributed by atoms with Gasteiger partial charge in [-0.2, -0.15) is 9.30 Å². The first kappa shape index (κ1) is 22.9. The van der Waals surface area contributed by atoms with E-state index >= 15 is 0 Å². The molecule has 3 aromatic rings. The predicted molar refractivity (Wildman–Crippen MR) is 121 cm³/mol. The van der Waals surface area contributed by atoms with E-state index in [9.17, 15) is 13.2 Å². The number of pyridine rings is 1. The average molecular weight is 458 g/mol. The molecule has 0 spiro atoms. The first-order chi connectivity index (χ1) is 14.9. The van der Waals surface area contributed by atoms with Crippen molar-refractivity contribution in [2.24, 2.45) is 4.99 Å². The van der Waals surface area contributed by atoms with E-state index in [2.05, 4.69) is 4.99 Å². The molecule has 1 aromatic heterocycles. The number of sulfonamides is 1. The predicted octanol–water partition coefficient (Wildman–Crippen LogP) is 3.96. The summed E-state index contributed by atoms with van der Waals surface area (Å²) in [6.45, 7) is 4.67. The Bertz CT molecular complexity index is 1230. The molecule has 0 bridgehead atoms. The minimum absolute atomic E-state index is 0.0716. The van der Waals surface area contributed by atoms with Gasteiger partial charge in [0.05, 0.1) is 5.02 Å². The second-order valence-electron chi connectivity index (χ2n) is 6.82. The molecule has 6 nitrogen and oxygen atoms in total. The summed E-state index contributed by atoms with van der Waals surface area (Å²) in [6, 6.07) is 19.4. The van der Waals surface area contributed by atoms with Gasteiger partial charge in [-0.1, -0.05) is 61.8 Å². The van der Waals surface area contributed by atoms with Crippen LogP contribution in [0.4, 0.5) is 0 Å². The van der Waals surface area contributed by atoms with Gasteiger partial charge in [-0.15, -0.1) is 0 Å². The van der Waals surface area contributed by atoms with Crippen LogP contribution in [0.25, 0.3) is 0 Å². The third kappa shape index (κ3) is 5.31. The Labute approximate surface area is 187 Å². The van der Waals surface area contributed by atoms with Crippen LogP contribution in [-0.2, 0) is 16.6 Å². The van der Waals surface area contributed by atoms with Gasteiger partial charge >= 0.3 is 0 Å². The molecule has 0 radical (unpaired) electrons. The summed E-state index contributed by atoms with van der Waals surface area (Å²) in [5.41, 5.74) is 1.70. The molecule has 8 heteroatoms. The molecule has 0 saturated carbocycles. The molecular formula is C23H24ClN3O3S. The lowest BCUT2D eigenvalue weighted by molar-refractivity contribution is 0.0997. The quantitative estimate of drug-likeness (QED) is 0.539. The summed E-state index contributed by atoms with van der Waals surface area (Å²) in [5.74, 6) is -0.541. The summed E-state index contributed by atoms with van der Waals surface area (Å²) in [6.07, 6.45) is 1.84. The molecule has 31 heavy (non-hydrogen) atoms. The number of benzene rings is 2. The zero-order valence-corrected chi connectivity index (χ0v) is 19.0. The van der Waals surface area contributed by atoms with Crippen LogP contribution in [0.5, 0.6) is 0 Å². The number of carbonyl (C=O) groups is 1. The van der Waals surface area contributed by atoms with Crippen LogP contribution >= 0.6 is 11.6 Å². The van der Waals surface area contributed by atoms with Gasteiger partial charge in [0.1, 0.15) is 10.4 Å².